The summed E-state index contributed by atoms with van der Waals surface area (Å²) in [6.45, 7) is 1.02. The zero-order valence-electron chi connectivity index (χ0n) is 14.2. The zero-order chi connectivity index (χ0) is 19.6. The Morgan fingerprint density at radius 3 is 2.48 bits per heavy atom. The lowest BCUT2D eigenvalue weighted by molar-refractivity contribution is -0.137. The molecule has 0 spiro atoms. The van der Waals surface area contributed by atoms with E-state index in [4.69, 9.17) is 0 Å². The van der Waals surface area contributed by atoms with Crippen LogP contribution in [0.1, 0.15) is 30.5 Å². The van der Waals surface area contributed by atoms with Gasteiger partial charge in [0.1, 0.15) is 11.5 Å². The normalized spacial score (nSPS) is 16.1. The van der Waals surface area contributed by atoms with Crippen molar-refractivity contribution in [3.8, 4) is 0 Å². The summed E-state index contributed by atoms with van der Waals surface area (Å²) in [4.78, 5) is 20.9. The third kappa shape index (κ3) is 4.42. The van der Waals surface area contributed by atoms with Crippen LogP contribution in [0.5, 0.6) is 0 Å². The van der Waals surface area contributed by atoms with Crippen molar-refractivity contribution >= 4 is 5.82 Å². The summed E-state index contributed by atoms with van der Waals surface area (Å²) in [6.07, 6.45) is -3.76. The lowest BCUT2D eigenvalue weighted by Gasteiger charge is -2.34. The molecule has 10 heteroatoms. The molecule has 0 unspecified atom stereocenters. The van der Waals surface area contributed by atoms with Gasteiger partial charge in [-0.15, -0.1) is 0 Å². The second-order valence-corrected chi connectivity index (χ2v) is 6.41. The molecule has 0 atom stereocenters. The minimum Gasteiger partial charge on any atom is -0.356 e. The largest absolute Gasteiger partial charge is 0.419 e. The van der Waals surface area contributed by atoms with Gasteiger partial charge in [-0.3, -0.25) is 9.36 Å². The van der Waals surface area contributed by atoms with Gasteiger partial charge in [0.05, 0.1) is 11.9 Å². The second kappa shape index (κ2) is 7.61. The Morgan fingerprint density at radius 2 is 1.89 bits per heavy atom. The molecule has 0 aromatic carbocycles. The van der Waals surface area contributed by atoms with E-state index in [9.17, 15) is 26.7 Å². The molecule has 1 aliphatic heterocycles. The quantitative estimate of drug-likeness (QED) is 0.753. The molecule has 2 aromatic rings. The van der Waals surface area contributed by atoms with Gasteiger partial charge in [-0.2, -0.15) is 13.2 Å². The van der Waals surface area contributed by atoms with Crippen LogP contribution in [0.4, 0.5) is 27.8 Å². The molecule has 3 heterocycles. The summed E-state index contributed by atoms with van der Waals surface area (Å²) in [7, 11) is 0. The summed E-state index contributed by atoms with van der Waals surface area (Å²) < 4.78 is 65.8. The number of hydrogen-bond donors (Lipinski definition) is 0. The average Bonchev–Trinajstić information content (AvgIpc) is 2.63. The van der Waals surface area contributed by atoms with Crippen molar-refractivity contribution in [2.45, 2.75) is 32.0 Å². The molecule has 2 aromatic heterocycles. The number of alkyl halides is 5. The summed E-state index contributed by atoms with van der Waals surface area (Å²) in [5.41, 5.74) is -1.90. The number of halogens is 5. The maximum absolute atomic E-state index is 13.1. The van der Waals surface area contributed by atoms with Crippen LogP contribution in [0.3, 0.4) is 0 Å². The van der Waals surface area contributed by atoms with Crippen molar-refractivity contribution in [1.29, 1.82) is 0 Å². The van der Waals surface area contributed by atoms with Gasteiger partial charge in [0.15, 0.2) is 0 Å². The maximum Gasteiger partial charge on any atom is 0.419 e. The third-order valence-electron chi connectivity index (χ3n) is 4.59. The molecular weight excluding hydrogens is 371 g/mol. The van der Waals surface area contributed by atoms with E-state index in [1.807, 2.05) is 0 Å². The Labute approximate surface area is 151 Å². The highest BCUT2D eigenvalue weighted by Gasteiger charge is 2.36. The van der Waals surface area contributed by atoms with Gasteiger partial charge in [-0.1, -0.05) is 0 Å². The smallest absolute Gasteiger partial charge is 0.356 e. The topological polar surface area (TPSA) is 51.0 Å². The van der Waals surface area contributed by atoms with Crippen LogP contribution in [0, 0.1) is 5.92 Å². The standard InChI is InChI=1S/C17H17F5N4O/c18-15(19)13-8-14(27)26(10-24-13)9-11-3-6-25(7-4-11)16-12(17(20,21)22)2-1-5-23-16/h1-2,5,8,10-11,15H,3-4,6-7,9H2. The molecule has 146 valence electrons. The number of piperidine rings is 1. The van der Waals surface area contributed by atoms with E-state index < -0.39 is 29.4 Å². The fourth-order valence-electron chi connectivity index (χ4n) is 3.17. The summed E-state index contributed by atoms with van der Waals surface area (Å²) >= 11 is 0. The van der Waals surface area contributed by atoms with Crippen LogP contribution in [0.15, 0.2) is 35.5 Å². The van der Waals surface area contributed by atoms with Gasteiger partial charge in [-0.05, 0) is 30.9 Å². The van der Waals surface area contributed by atoms with Gasteiger partial charge in [0.2, 0.25) is 0 Å². The SMILES string of the molecule is O=c1cc(C(F)F)ncn1CC1CCN(c2ncccc2C(F)(F)F)CC1. The zero-order valence-corrected chi connectivity index (χ0v) is 14.2. The molecule has 0 N–H and O–H groups in total. The van der Waals surface area contributed by atoms with Crippen LogP contribution in [0.2, 0.25) is 0 Å². The maximum atomic E-state index is 13.1. The molecule has 3 rings (SSSR count). The first-order valence-corrected chi connectivity index (χ1v) is 8.37. The Bertz CT molecular complexity index is 844. The molecule has 0 amide bonds. The minimum absolute atomic E-state index is 0.0381. The van der Waals surface area contributed by atoms with E-state index in [0.717, 1.165) is 18.5 Å². The fraction of sp³-hybridized carbons (Fsp3) is 0.471. The Balaban J connectivity index is 1.66. The van der Waals surface area contributed by atoms with Crippen LogP contribution in [0.25, 0.3) is 0 Å². The molecule has 1 saturated heterocycles. The predicted octanol–water partition coefficient (Wildman–Crippen LogP) is 3.51. The van der Waals surface area contributed by atoms with Gasteiger partial charge in [-0.25, -0.2) is 18.7 Å². The highest BCUT2D eigenvalue weighted by atomic mass is 19.4. The van der Waals surface area contributed by atoms with Crippen LogP contribution in [-0.4, -0.2) is 27.6 Å². The van der Waals surface area contributed by atoms with E-state index >= 15 is 0 Å². The summed E-state index contributed by atoms with van der Waals surface area (Å²) in [6, 6.07) is 3.06. The van der Waals surface area contributed by atoms with Gasteiger partial charge in [0, 0.05) is 31.9 Å². The van der Waals surface area contributed by atoms with Gasteiger partial charge in [0.25, 0.3) is 12.0 Å². The number of aromatic nitrogens is 3. The second-order valence-electron chi connectivity index (χ2n) is 6.41. The molecule has 5 nitrogen and oxygen atoms in total. The molecule has 1 fully saturated rings. The monoisotopic (exact) mass is 388 g/mol. The van der Waals surface area contributed by atoms with Crippen molar-refractivity contribution in [3.05, 3.63) is 52.3 Å². The molecule has 27 heavy (non-hydrogen) atoms. The number of rotatable bonds is 4. The van der Waals surface area contributed by atoms with Crippen molar-refractivity contribution in [2.24, 2.45) is 5.92 Å². The van der Waals surface area contributed by atoms with E-state index in [1.165, 1.54) is 16.8 Å². The first-order chi connectivity index (χ1) is 12.8. The molecule has 0 bridgehead atoms. The van der Waals surface area contributed by atoms with Crippen LogP contribution < -0.4 is 10.5 Å². The number of anilines is 1. The molecular formula is C17H17F5N4O. The van der Waals surface area contributed by atoms with Crippen molar-refractivity contribution in [3.63, 3.8) is 0 Å². The first kappa shape index (κ1) is 19.2. The van der Waals surface area contributed by atoms with E-state index in [2.05, 4.69) is 9.97 Å². The lowest BCUT2D eigenvalue weighted by atomic mass is 9.96. The Kier molecular flexibility index (Phi) is 5.43. The summed E-state index contributed by atoms with van der Waals surface area (Å²) in [5.74, 6) is -0.0558. The van der Waals surface area contributed by atoms with E-state index in [1.54, 1.807) is 4.90 Å². The molecule has 1 aliphatic rings. The number of hydrogen-bond acceptors (Lipinski definition) is 4. The lowest BCUT2D eigenvalue weighted by Crippen LogP contribution is -2.37. The van der Waals surface area contributed by atoms with E-state index in [-0.39, 0.29) is 18.3 Å². The van der Waals surface area contributed by atoms with Crippen molar-refractivity contribution in [1.82, 2.24) is 14.5 Å². The fourth-order valence-corrected chi connectivity index (χ4v) is 3.17. The number of nitrogens with zero attached hydrogens (tertiary/aromatic N) is 4. The highest BCUT2D eigenvalue weighted by Crippen LogP contribution is 2.36. The minimum atomic E-state index is -4.48. The van der Waals surface area contributed by atoms with Crippen LogP contribution >= 0.6 is 0 Å². The van der Waals surface area contributed by atoms with Crippen molar-refractivity contribution < 1.29 is 22.0 Å². The Morgan fingerprint density at radius 1 is 1.19 bits per heavy atom. The predicted molar refractivity (Wildman–Crippen MR) is 87.6 cm³/mol. The van der Waals surface area contributed by atoms with Crippen LogP contribution in [-0.2, 0) is 12.7 Å². The number of pyridine rings is 1. The van der Waals surface area contributed by atoms with Gasteiger partial charge < -0.3 is 4.90 Å². The Hall–Kier alpha value is -2.52. The molecule has 0 radical (unpaired) electrons. The highest BCUT2D eigenvalue weighted by molar-refractivity contribution is 5.48. The first-order valence-electron chi connectivity index (χ1n) is 8.37. The third-order valence-corrected chi connectivity index (χ3v) is 4.59. The molecule has 0 aliphatic carbocycles. The van der Waals surface area contributed by atoms with E-state index in [0.29, 0.717) is 25.9 Å². The average molecular weight is 388 g/mol. The van der Waals surface area contributed by atoms with Crippen molar-refractivity contribution in [2.75, 3.05) is 18.0 Å². The molecule has 0 saturated carbocycles. The van der Waals surface area contributed by atoms with Gasteiger partial charge >= 0.3 is 6.18 Å². The summed E-state index contributed by atoms with van der Waals surface area (Å²) in [5, 5.41) is 0.